The molecule has 4 aliphatic rings. The summed E-state index contributed by atoms with van der Waals surface area (Å²) in [6.07, 6.45) is -2.59. The van der Waals surface area contributed by atoms with Crippen LogP contribution in [0.4, 0.5) is 13.2 Å². The number of rotatable bonds is 1. The molecule has 4 aliphatic carbocycles. The minimum atomic E-state index is -4.94. The van der Waals surface area contributed by atoms with E-state index in [4.69, 9.17) is 4.74 Å². The molecule has 4 fully saturated rings. The molecule has 6 heteroatoms. The largest absolute Gasteiger partial charge is 0.490 e. The first kappa shape index (κ1) is 10.8. The van der Waals surface area contributed by atoms with Crippen LogP contribution in [0.5, 0.6) is 0 Å². The third-order valence-electron chi connectivity index (χ3n) is 5.65. The number of fused-ring (bicyclic) bond motifs is 1. The van der Waals surface area contributed by atoms with Gasteiger partial charge >= 0.3 is 12.1 Å². The Labute approximate surface area is 101 Å². The maximum Gasteiger partial charge on any atom is 0.490 e. The highest BCUT2D eigenvalue weighted by molar-refractivity contribution is 5.96. The molecule has 0 aromatic heterocycles. The monoisotopic (exact) mass is 260 g/mol. The molecule has 0 radical (unpaired) electrons. The van der Waals surface area contributed by atoms with Gasteiger partial charge in [0.05, 0.1) is 0 Å². The van der Waals surface area contributed by atoms with E-state index < -0.39 is 23.2 Å². The van der Waals surface area contributed by atoms with Crippen LogP contribution in [0.15, 0.2) is 0 Å². The van der Waals surface area contributed by atoms with Gasteiger partial charge in [0.2, 0.25) is 0 Å². The topological polar surface area (TPSA) is 43.4 Å². The van der Waals surface area contributed by atoms with Crippen LogP contribution in [0, 0.1) is 23.2 Å². The first-order valence-electron chi connectivity index (χ1n) is 6.14. The maximum absolute atomic E-state index is 12.3. The van der Waals surface area contributed by atoms with Gasteiger partial charge in [0.1, 0.15) is 11.4 Å². The van der Waals surface area contributed by atoms with Crippen LogP contribution < -0.4 is 0 Å². The Bertz CT molecular complexity index is 485. The summed E-state index contributed by atoms with van der Waals surface area (Å²) < 4.78 is 41.7. The zero-order valence-electron chi connectivity index (χ0n) is 9.42. The standard InChI is InChI=1S/C12H11F3O3/c13-12(14,15)9(17)18-10-2-5-1-6-8(16)7(4-10)11(6,10)3-5/h5-7H,1-4H2. The fraction of sp³-hybridized carbons (Fsp3) is 0.833. The Balaban J connectivity index is 1.64. The highest BCUT2D eigenvalue weighted by Crippen LogP contribution is 2.82. The van der Waals surface area contributed by atoms with Gasteiger partial charge in [0, 0.05) is 17.3 Å². The molecule has 5 atom stereocenters. The molecule has 3 nitrogen and oxygen atoms in total. The van der Waals surface area contributed by atoms with Gasteiger partial charge in [-0.3, -0.25) is 4.79 Å². The van der Waals surface area contributed by atoms with Crippen LogP contribution >= 0.6 is 0 Å². The summed E-state index contributed by atoms with van der Waals surface area (Å²) in [6, 6.07) is 0. The molecule has 0 aromatic carbocycles. The fourth-order valence-corrected chi connectivity index (χ4v) is 5.20. The van der Waals surface area contributed by atoms with E-state index in [2.05, 4.69) is 0 Å². The van der Waals surface area contributed by atoms with Crippen LogP contribution in [-0.2, 0) is 14.3 Å². The summed E-state index contributed by atoms with van der Waals surface area (Å²) in [7, 11) is 0. The number of carbonyl (C=O) groups excluding carboxylic acids is 2. The Morgan fingerprint density at radius 3 is 2.61 bits per heavy atom. The van der Waals surface area contributed by atoms with Gasteiger partial charge in [0.15, 0.2) is 0 Å². The molecular formula is C12H11F3O3. The zero-order valence-corrected chi connectivity index (χ0v) is 9.42. The van der Waals surface area contributed by atoms with E-state index in [1.165, 1.54) is 0 Å². The van der Waals surface area contributed by atoms with E-state index in [-0.39, 0.29) is 23.5 Å². The molecule has 4 saturated carbocycles. The summed E-state index contributed by atoms with van der Waals surface area (Å²) in [5.74, 6) is -1.95. The molecule has 5 unspecified atom stereocenters. The number of ether oxygens (including phenoxy) is 1. The van der Waals surface area contributed by atoms with Crippen molar-refractivity contribution in [1.82, 2.24) is 0 Å². The highest BCUT2D eigenvalue weighted by atomic mass is 19.4. The van der Waals surface area contributed by atoms with Crippen molar-refractivity contribution in [3.63, 3.8) is 0 Å². The predicted octanol–water partition coefficient (Wildman–Crippen LogP) is 1.85. The van der Waals surface area contributed by atoms with Crippen molar-refractivity contribution < 1.29 is 27.5 Å². The molecule has 0 aromatic rings. The zero-order chi connectivity index (χ0) is 12.9. The summed E-state index contributed by atoms with van der Waals surface area (Å²) in [5, 5.41) is 0. The number of Topliss-reactive ketones (excluding diaryl/α,β-unsaturated/α-hetero) is 1. The van der Waals surface area contributed by atoms with Gasteiger partial charge in [-0.25, -0.2) is 4.79 Å². The number of alkyl halides is 3. The molecule has 0 heterocycles. The van der Waals surface area contributed by atoms with Crippen molar-refractivity contribution in [1.29, 1.82) is 0 Å². The van der Waals surface area contributed by atoms with Crippen molar-refractivity contribution in [3.8, 4) is 0 Å². The van der Waals surface area contributed by atoms with Crippen molar-refractivity contribution in [2.75, 3.05) is 0 Å². The molecule has 4 rings (SSSR count). The molecule has 0 aliphatic heterocycles. The van der Waals surface area contributed by atoms with Crippen molar-refractivity contribution >= 4 is 11.8 Å². The Hall–Kier alpha value is -1.07. The molecule has 0 N–H and O–H groups in total. The number of halogens is 3. The SMILES string of the molecule is O=C1C2CC3CC4(OC(=O)C(F)(F)F)CC1C24C3. The second-order valence-electron chi connectivity index (χ2n) is 6.14. The molecule has 98 valence electrons. The first-order chi connectivity index (χ1) is 8.30. The van der Waals surface area contributed by atoms with E-state index in [9.17, 15) is 22.8 Å². The van der Waals surface area contributed by atoms with Crippen molar-refractivity contribution in [2.45, 2.75) is 37.5 Å². The number of hydrogen-bond donors (Lipinski definition) is 0. The van der Waals surface area contributed by atoms with Crippen molar-refractivity contribution in [2.24, 2.45) is 23.2 Å². The van der Waals surface area contributed by atoms with Crippen LogP contribution in [0.1, 0.15) is 25.7 Å². The lowest BCUT2D eigenvalue weighted by molar-refractivity contribution is -0.285. The smallest absolute Gasteiger partial charge is 0.452 e. The fourth-order valence-electron chi connectivity index (χ4n) is 5.20. The molecule has 2 bridgehead atoms. The number of esters is 1. The van der Waals surface area contributed by atoms with E-state index in [0.29, 0.717) is 12.8 Å². The Morgan fingerprint density at radius 2 is 1.94 bits per heavy atom. The average Bonchev–Trinajstić information content (AvgIpc) is 2.73. The first-order valence-corrected chi connectivity index (χ1v) is 6.14. The molecule has 1 spiro atoms. The van der Waals surface area contributed by atoms with E-state index in [0.717, 1.165) is 12.8 Å². The van der Waals surface area contributed by atoms with Gasteiger partial charge in [-0.2, -0.15) is 13.2 Å². The second kappa shape index (κ2) is 2.60. The number of carbonyl (C=O) groups is 2. The normalized spacial score (nSPS) is 51.5. The van der Waals surface area contributed by atoms with Gasteiger partial charge in [-0.1, -0.05) is 0 Å². The molecule has 18 heavy (non-hydrogen) atoms. The average molecular weight is 260 g/mol. The summed E-state index contributed by atoms with van der Waals surface area (Å²) in [6.45, 7) is 0. The summed E-state index contributed by atoms with van der Waals surface area (Å²) >= 11 is 0. The molecule has 0 saturated heterocycles. The maximum atomic E-state index is 12.3. The van der Waals surface area contributed by atoms with Gasteiger partial charge in [-0.05, 0) is 31.6 Å². The highest BCUT2D eigenvalue weighted by Gasteiger charge is 2.86. The van der Waals surface area contributed by atoms with E-state index in [1.807, 2.05) is 0 Å². The molecule has 0 amide bonds. The molecular weight excluding hydrogens is 249 g/mol. The van der Waals surface area contributed by atoms with E-state index in [1.54, 1.807) is 0 Å². The van der Waals surface area contributed by atoms with Crippen LogP contribution in [0.25, 0.3) is 0 Å². The lowest BCUT2D eigenvalue weighted by atomic mass is 9.35. The Morgan fingerprint density at radius 1 is 1.22 bits per heavy atom. The van der Waals surface area contributed by atoms with Crippen LogP contribution in [0.2, 0.25) is 0 Å². The van der Waals surface area contributed by atoms with Gasteiger partial charge < -0.3 is 4.74 Å². The van der Waals surface area contributed by atoms with Crippen molar-refractivity contribution in [3.05, 3.63) is 0 Å². The number of hydrogen-bond acceptors (Lipinski definition) is 3. The lowest BCUT2D eigenvalue weighted by Gasteiger charge is -2.69. The second-order valence-corrected chi connectivity index (χ2v) is 6.14. The lowest BCUT2D eigenvalue weighted by Crippen LogP contribution is -2.77. The van der Waals surface area contributed by atoms with Crippen LogP contribution in [0.3, 0.4) is 0 Å². The van der Waals surface area contributed by atoms with E-state index >= 15 is 0 Å². The van der Waals surface area contributed by atoms with Gasteiger partial charge in [-0.15, -0.1) is 0 Å². The Kier molecular flexibility index (Phi) is 1.56. The third-order valence-corrected chi connectivity index (χ3v) is 5.65. The third kappa shape index (κ3) is 0.863. The van der Waals surface area contributed by atoms with Crippen LogP contribution in [-0.4, -0.2) is 23.5 Å². The predicted molar refractivity (Wildman–Crippen MR) is 51.3 cm³/mol. The summed E-state index contributed by atoms with van der Waals surface area (Å²) in [5.41, 5.74) is -1.40. The quantitative estimate of drug-likeness (QED) is 0.676. The summed E-state index contributed by atoms with van der Waals surface area (Å²) in [4.78, 5) is 22.8. The number of ketones is 1. The minimum Gasteiger partial charge on any atom is -0.452 e. The minimum absolute atomic E-state index is 0.143. The van der Waals surface area contributed by atoms with Gasteiger partial charge in [0.25, 0.3) is 0 Å².